The molecule has 4 rings (SSSR count). The molecule has 2 N–H and O–H groups in total. The molecule has 1 atom stereocenters. The number of esters is 1. The van der Waals surface area contributed by atoms with Crippen LogP contribution >= 0.6 is 11.8 Å². The topological polar surface area (TPSA) is 98.1 Å². The maximum atomic E-state index is 13.6. The van der Waals surface area contributed by atoms with Gasteiger partial charge in [-0.25, -0.2) is 9.48 Å². The van der Waals surface area contributed by atoms with Crippen molar-refractivity contribution in [3.05, 3.63) is 76.5 Å². The number of aromatic nitrogens is 3. The first-order valence-electron chi connectivity index (χ1n) is 11.5. The van der Waals surface area contributed by atoms with Gasteiger partial charge in [-0.3, -0.25) is 4.79 Å². The Balaban J connectivity index is 1.73. The molecule has 0 bridgehead atoms. The number of carbonyl (C=O) groups is 2. The molecule has 8 nitrogen and oxygen atoms in total. The summed E-state index contributed by atoms with van der Waals surface area (Å²) in [4.78, 5) is 30.2. The molecule has 1 unspecified atom stereocenters. The molecule has 1 amide bonds. The van der Waals surface area contributed by atoms with E-state index in [2.05, 4.69) is 22.5 Å². The number of allylic oxidation sites excluding steroid dienone is 1. The summed E-state index contributed by atoms with van der Waals surface area (Å²) >= 11 is 1.60. The Hall–Kier alpha value is -3.59. The molecule has 3 aromatic rings. The van der Waals surface area contributed by atoms with Gasteiger partial charge in [-0.15, -0.1) is 5.10 Å². The molecule has 0 radical (unpaired) electrons. The average Bonchev–Trinajstić information content (AvgIpc) is 3.25. The van der Waals surface area contributed by atoms with Crippen LogP contribution in [0.25, 0.3) is 0 Å². The van der Waals surface area contributed by atoms with Gasteiger partial charge in [0.05, 0.1) is 18.2 Å². The molecule has 1 aliphatic heterocycles. The van der Waals surface area contributed by atoms with Crippen molar-refractivity contribution < 1.29 is 14.3 Å². The number of methoxy groups -OCH3 is 1. The highest BCUT2D eigenvalue weighted by Crippen LogP contribution is 2.37. The number of benzene rings is 2. The monoisotopic (exact) mass is 491 g/mol. The summed E-state index contributed by atoms with van der Waals surface area (Å²) in [5.41, 5.74) is 4.24. The molecule has 0 saturated heterocycles. The maximum absolute atomic E-state index is 13.6. The number of ether oxygens (including phenoxy) is 1. The number of thioether (sulfide) groups is 1. The lowest BCUT2D eigenvalue weighted by atomic mass is 9.94. The quantitative estimate of drug-likeness (QED) is 0.254. The van der Waals surface area contributed by atoms with E-state index in [0.717, 1.165) is 35.4 Å². The summed E-state index contributed by atoms with van der Waals surface area (Å²) in [6, 6.07) is 14.2. The Morgan fingerprint density at radius 3 is 2.63 bits per heavy atom. The number of aryl methyl sites for hydroxylation is 1. The van der Waals surface area contributed by atoms with Crippen LogP contribution in [0.4, 0.5) is 11.6 Å². The fourth-order valence-electron chi connectivity index (χ4n) is 3.94. The number of nitrogens with zero attached hydrogens (tertiary/aromatic N) is 3. The normalized spacial score (nSPS) is 14.8. The van der Waals surface area contributed by atoms with Crippen molar-refractivity contribution in [3.8, 4) is 0 Å². The van der Waals surface area contributed by atoms with E-state index < -0.39 is 12.0 Å². The summed E-state index contributed by atoms with van der Waals surface area (Å²) in [5, 5.41) is 11.7. The minimum atomic E-state index is -0.518. The lowest BCUT2D eigenvalue weighted by Crippen LogP contribution is -2.31. The van der Waals surface area contributed by atoms with Gasteiger partial charge < -0.3 is 15.4 Å². The van der Waals surface area contributed by atoms with E-state index in [1.807, 2.05) is 50.2 Å². The van der Waals surface area contributed by atoms with Crippen molar-refractivity contribution in [1.29, 1.82) is 0 Å². The van der Waals surface area contributed by atoms with Crippen LogP contribution < -0.4 is 10.6 Å². The fourth-order valence-corrected chi connectivity index (χ4v) is 4.86. The summed E-state index contributed by atoms with van der Waals surface area (Å²) < 4.78 is 6.58. The molecule has 0 aliphatic carbocycles. The molecule has 2 aromatic carbocycles. The van der Waals surface area contributed by atoms with Gasteiger partial charge in [0, 0.05) is 17.1 Å². The van der Waals surface area contributed by atoms with Gasteiger partial charge in [-0.2, -0.15) is 4.98 Å². The third kappa shape index (κ3) is 5.40. The molecule has 35 heavy (non-hydrogen) atoms. The Bertz CT molecular complexity index is 1270. The second-order valence-corrected chi connectivity index (χ2v) is 9.43. The van der Waals surface area contributed by atoms with Crippen LogP contribution in [-0.2, 0) is 9.53 Å². The Morgan fingerprint density at radius 1 is 1.17 bits per heavy atom. The Kier molecular flexibility index (Phi) is 7.55. The van der Waals surface area contributed by atoms with Gasteiger partial charge in [0.2, 0.25) is 11.1 Å². The number of carbonyl (C=O) groups excluding carboxylic acids is 2. The standard InChI is InChI=1S/C26H29N5O3S/c1-5-6-14-35-26-29-25-27-17(3)21(23(32)28-20-9-7-8-16(2)15-20)22(31(25)30-26)18-10-12-19(13-11-18)24(33)34-4/h7-13,15,22H,5-6,14H2,1-4H3,(H,28,32)(H,27,29,30). The van der Waals surface area contributed by atoms with Gasteiger partial charge in [0.25, 0.3) is 5.91 Å². The Morgan fingerprint density at radius 2 is 1.94 bits per heavy atom. The number of unbranched alkanes of at least 4 members (excludes halogenated alkanes) is 1. The molecule has 2 heterocycles. The maximum Gasteiger partial charge on any atom is 0.337 e. The molecule has 0 spiro atoms. The van der Waals surface area contributed by atoms with Crippen molar-refractivity contribution in [3.63, 3.8) is 0 Å². The van der Waals surface area contributed by atoms with E-state index in [9.17, 15) is 9.59 Å². The first kappa shape index (κ1) is 24.5. The molecule has 0 fully saturated rings. The van der Waals surface area contributed by atoms with Crippen molar-refractivity contribution in [1.82, 2.24) is 14.8 Å². The smallest absolute Gasteiger partial charge is 0.337 e. The predicted octanol–water partition coefficient (Wildman–Crippen LogP) is 5.19. The number of rotatable bonds is 8. The number of anilines is 2. The molecular formula is C26H29N5O3S. The first-order chi connectivity index (χ1) is 16.9. The largest absolute Gasteiger partial charge is 0.465 e. The summed E-state index contributed by atoms with van der Waals surface area (Å²) in [7, 11) is 1.35. The highest BCUT2D eigenvalue weighted by Gasteiger charge is 2.34. The number of hydrogen-bond acceptors (Lipinski definition) is 7. The third-order valence-corrected chi connectivity index (χ3v) is 6.65. The minimum absolute atomic E-state index is 0.232. The van der Waals surface area contributed by atoms with Gasteiger partial charge in [0.1, 0.15) is 6.04 Å². The third-order valence-electron chi connectivity index (χ3n) is 5.73. The van der Waals surface area contributed by atoms with Crippen molar-refractivity contribution in [2.45, 2.75) is 44.8 Å². The minimum Gasteiger partial charge on any atom is -0.465 e. The molecule has 0 saturated carbocycles. The fraction of sp³-hybridized carbons (Fsp3) is 0.308. The number of hydrogen-bond donors (Lipinski definition) is 2. The van der Waals surface area contributed by atoms with Gasteiger partial charge in [-0.1, -0.05) is 49.4 Å². The van der Waals surface area contributed by atoms with Crippen molar-refractivity contribution >= 4 is 35.3 Å². The predicted molar refractivity (Wildman–Crippen MR) is 138 cm³/mol. The van der Waals surface area contributed by atoms with Gasteiger partial charge in [0.15, 0.2) is 0 Å². The van der Waals surface area contributed by atoms with Crippen LogP contribution in [0.5, 0.6) is 0 Å². The number of amides is 1. The van der Waals surface area contributed by atoms with E-state index in [-0.39, 0.29) is 5.91 Å². The zero-order chi connectivity index (χ0) is 24.9. The van der Waals surface area contributed by atoms with Crippen molar-refractivity contribution in [2.24, 2.45) is 0 Å². The van der Waals surface area contributed by atoms with Crippen LogP contribution in [0.2, 0.25) is 0 Å². The zero-order valence-corrected chi connectivity index (χ0v) is 21.1. The van der Waals surface area contributed by atoms with E-state index in [4.69, 9.17) is 9.84 Å². The van der Waals surface area contributed by atoms with E-state index in [1.165, 1.54) is 7.11 Å². The average molecular weight is 492 g/mol. The van der Waals surface area contributed by atoms with E-state index in [0.29, 0.717) is 27.9 Å². The highest BCUT2D eigenvalue weighted by molar-refractivity contribution is 7.99. The molecule has 182 valence electrons. The molecule has 1 aromatic heterocycles. The summed E-state index contributed by atoms with van der Waals surface area (Å²) in [5.74, 6) is 0.854. The van der Waals surface area contributed by atoms with Crippen LogP contribution in [0.1, 0.15) is 54.2 Å². The Labute approximate surface area is 209 Å². The van der Waals surface area contributed by atoms with Crippen LogP contribution in [0.3, 0.4) is 0 Å². The number of nitrogens with one attached hydrogen (secondary N) is 2. The molecule has 1 aliphatic rings. The first-order valence-corrected chi connectivity index (χ1v) is 12.5. The van der Waals surface area contributed by atoms with Gasteiger partial charge >= 0.3 is 5.97 Å². The van der Waals surface area contributed by atoms with Crippen LogP contribution in [-0.4, -0.2) is 39.5 Å². The van der Waals surface area contributed by atoms with Crippen LogP contribution in [0, 0.1) is 6.92 Å². The second-order valence-electron chi connectivity index (χ2n) is 8.37. The van der Waals surface area contributed by atoms with E-state index >= 15 is 0 Å². The number of fused-ring (bicyclic) bond motifs is 1. The second kappa shape index (κ2) is 10.8. The SMILES string of the molecule is CCCCSc1nc2n(n1)C(c1ccc(C(=O)OC)cc1)C(C(=O)Nc1cccc(C)c1)=C(C)N2. The lowest BCUT2D eigenvalue weighted by molar-refractivity contribution is -0.113. The van der Waals surface area contributed by atoms with Crippen LogP contribution in [0.15, 0.2) is 65.0 Å². The lowest BCUT2D eigenvalue weighted by Gasteiger charge is -2.28. The van der Waals surface area contributed by atoms with Crippen molar-refractivity contribution in [2.75, 3.05) is 23.5 Å². The summed E-state index contributed by atoms with van der Waals surface area (Å²) in [6.07, 6.45) is 2.17. The molecular weight excluding hydrogens is 462 g/mol. The molecule has 9 heteroatoms. The zero-order valence-electron chi connectivity index (χ0n) is 20.3. The highest BCUT2D eigenvalue weighted by atomic mass is 32.2. The van der Waals surface area contributed by atoms with Gasteiger partial charge in [-0.05, 0) is 55.7 Å². The van der Waals surface area contributed by atoms with E-state index in [1.54, 1.807) is 28.6 Å². The summed E-state index contributed by atoms with van der Waals surface area (Å²) in [6.45, 7) is 5.99.